The number of carboxylic acid groups (broad SMARTS) is 1. The van der Waals surface area contributed by atoms with Crippen molar-refractivity contribution in [3.8, 4) is 11.1 Å². The third kappa shape index (κ3) is 3.56. The van der Waals surface area contributed by atoms with Gasteiger partial charge in [0.25, 0.3) is 0 Å². The number of nitrogens with one attached hydrogen (secondary N) is 1. The molecule has 2 amide bonds. The SMILES string of the molecule is CC1(C(=O)O)CCCCN1C(=O)C1(NC(=O)OCC2c3ccccc3-c3ccccc32)CC1. The number of benzene rings is 2. The van der Waals surface area contributed by atoms with E-state index in [1.807, 2.05) is 24.3 Å². The maximum atomic E-state index is 13.3. The van der Waals surface area contributed by atoms with Crippen molar-refractivity contribution in [1.82, 2.24) is 10.2 Å². The Morgan fingerprint density at radius 1 is 1.00 bits per heavy atom. The number of carbonyl (C=O) groups is 3. The number of aliphatic carboxylic acids is 1. The maximum Gasteiger partial charge on any atom is 0.408 e. The predicted molar refractivity (Wildman–Crippen MR) is 122 cm³/mol. The van der Waals surface area contributed by atoms with Crippen molar-refractivity contribution >= 4 is 18.0 Å². The quantitative estimate of drug-likeness (QED) is 0.723. The van der Waals surface area contributed by atoms with Gasteiger partial charge in [0.2, 0.25) is 5.91 Å². The van der Waals surface area contributed by atoms with Gasteiger partial charge in [0.1, 0.15) is 17.7 Å². The first kappa shape index (κ1) is 21.5. The molecule has 2 aromatic carbocycles. The second-order valence-electron chi connectivity index (χ2n) is 9.53. The van der Waals surface area contributed by atoms with Gasteiger partial charge in [-0.05, 0) is 61.3 Å². The van der Waals surface area contributed by atoms with E-state index in [4.69, 9.17) is 4.74 Å². The van der Waals surface area contributed by atoms with Gasteiger partial charge in [-0.3, -0.25) is 4.79 Å². The minimum absolute atomic E-state index is 0.0635. The Hall–Kier alpha value is -3.35. The summed E-state index contributed by atoms with van der Waals surface area (Å²) >= 11 is 0. The first-order valence-corrected chi connectivity index (χ1v) is 11.5. The van der Waals surface area contributed by atoms with Crippen LogP contribution in [0.5, 0.6) is 0 Å². The van der Waals surface area contributed by atoms with Crippen LogP contribution in [0.25, 0.3) is 11.1 Å². The largest absolute Gasteiger partial charge is 0.480 e. The van der Waals surface area contributed by atoms with Crippen molar-refractivity contribution in [3.05, 3.63) is 59.7 Å². The lowest BCUT2D eigenvalue weighted by atomic mass is 9.87. The molecule has 0 radical (unpaired) electrons. The lowest BCUT2D eigenvalue weighted by Gasteiger charge is -2.43. The lowest BCUT2D eigenvalue weighted by molar-refractivity contribution is -0.162. The Morgan fingerprint density at radius 2 is 1.61 bits per heavy atom. The molecule has 172 valence electrons. The van der Waals surface area contributed by atoms with E-state index >= 15 is 0 Å². The Bertz CT molecular complexity index is 1080. The lowest BCUT2D eigenvalue weighted by Crippen LogP contribution is -2.62. The molecule has 2 N–H and O–H groups in total. The molecule has 1 atom stereocenters. The average molecular weight is 449 g/mol. The van der Waals surface area contributed by atoms with Crippen molar-refractivity contribution in [2.45, 2.75) is 56.0 Å². The molecule has 0 bridgehead atoms. The fourth-order valence-electron chi connectivity index (χ4n) is 5.27. The molecule has 33 heavy (non-hydrogen) atoms. The van der Waals surface area contributed by atoms with E-state index in [1.165, 1.54) is 4.90 Å². The number of alkyl carbamates (subject to hydrolysis) is 1. The summed E-state index contributed by atoms with van der Waals surface area (Å²) in [5.74, 6) is -1.39. The van der Waals surface area contributed by atoms with E-state index in [0.29, 0.717) is 25.8 Å². The van der Waals surface area contributed by atoms with Crippen LogP contribution >= 0.6 is 0 Å². The monoisotopic (exact) mass is 448 g/mol. The molecule has 0 spiro atoms. The first-order chi connectivity index (χ1) is 15.9. The highest BCUT2D eigenvalue weighted by Gasteiger charge is 2.57. The topological polar surface area (TPSA) is 95.9 Å². The molecular weight excluding hydrogens is 420 g/mol. The van der Waals surface area contributed by atoms with E-state index in [9.17, 15) is 19.5 Å². The number of piperidine rings is 1. The van der Waals surface area contributed by atoms with Crippen LogP contribution in [0.2, 0.25) is 0 Å². The summed E-state index contributed by atoms with van der Waals surface area (Å²) in [5.41, 5.74) is 2.23. The fraction of sp³-hybridized carbons (Fsp3) is 0.423. The summed E-state index contributed by atoms with van der Waals surface area (Å²) in [4.78, 5) is 39.4. The normalized spacial score (nSPS) is 22.8. The van der Waals surface area contributed by atoms with Gasteiger partial charge in [0.05, 0.1) is 0 Å². The van der Waals surface area contributed by atoms with E-state index < -0.39 is 23.1 Å². The molecule has 1 saturated carbocycles. The second-order valence-corrected chi connectivity index (χ2v) is 9.53. The van der Waals surface area contributed by atoms with E-state index in [0.717, 1.165) is 35.1 Å². The zero-order chi connectivity index (χ0) is 23.2. The van der Waals surface area contributed by atoms with E-state index in [1.54, 1.807) is 6.92 Å². The molecule has 0 aromatic heterocycles. The van der Waals surface area contributed by atoms with Crippen LogP contribution in [-0.4, -0.2) is 52.2 Å². The molecule has 1 unspecified atom stereocenters. The highest BCUT2D eigenvalue weighted by Crippen LogP contribution is 2.45. The van der Waals surface area contributed by atoms with Gasteiger partial charge in [-0.25, -0.2) is 9.59 Å². The number of carbonyl (C=O) groups excluding carboxylic acids is 2. The molecule has 1 saturated heterocycles. The average Bonchev–Trinajstić information content (AvgIpc) is 3.53. The number of amides is 2. The van der Waals surface area contributed by atoms with Crippen LogP contribution in [0.1, 0.15) is 56.1 Å². The molecule has 7 heteroatoms. The van der Waals surface area contributed by atoms with Crippen molar-refractivity contribution in [1.29, 1.82) is 0 Å². The Labute approximate surface area is 192 Å². The molecule has 5 rings (SSSR count). The number of ether oxygens (including phenoxy) is 1. The minimum Gasteiger partial charge on any atom is -0.480 e. The van der Waals surface area contributed by atoms with Gasteiger partial charge in [-0.2, -0.15) is 0 Å². The van der Waals surface area contributed by atoms with Gasteiger partial charge >= 0.3 is 12.1 Å². The molecule has 2 fully saturated rings. The van der Waals surface area contributed by atoms with Gasteiger partial charge in [-0.15, -0.1) is 0 Å². The standard InChI is InChI=1S/C26H28N2O5/c1-25(23(30)31)12-6-7-15-28(25)22(29)26(13-14-26)27-24(32)33-16-21-19-10-4-2-8-17(19)18-9-3-5-11-20(18)21/h2-5,8-11,21H,6-7,12-16H2,1H3,(H,27,32)(H,30,31). The van der Waals surface area contributed by atoms with Crippen LogP contribution in [0.15, 0.2) is 48.5 Å². The number of rotatable bonds is 5. The van der Waals surface area contributed by atoms with Crippen molar-refractivity contribution in [3.63, 3.8) is 0 Å². The van der Waals surface area contributed by atoms with E-state index in [-0.39, 0.29) is 18.4 Å². The zero-order valence-corrected chi connectivity index (χ0v) is 18.7. The van der Waals surface area contributed by atoms with Crippen LogP contribution < -0.4 is 5.32 Å². The van der Waals surface area contributed by atoms with Crippen LogP contribution in [0.4, 0.5) is 4.79 Å². The molecule has 7 nitrogen and oxygen atoms in total. The number of fused-ring (bicyclic) bond motifs is 3. The molecule has 3 aliphatic rings. The molecule has 2 aliphatic carbocycles. The van der Waals surface area contributed by atoms with Gasteiger partial charge in [0.15, 0.2) is 0 Å². The minimum atomic E-state index is -1.24. The number of likely N-dealkylation sites (tertiary alicyclic amines) is 1. The smallest absolute Gasteiger partial charge is 0.408 e. The predicted octanol–water partition coefficient (Wildman–Crippen LogP) is 3.91. The highest BCUT2D eigenvalue weighted by molar-refractivity contribution is 5.96. The third-order valence-corrected chi connectivity index (χ3v) is 7.44. The summed E-state index contributed by atoms with van der Waals surface area (Å²) in [6, 6.07) is 16.2. The van der Waals surface area contributed by atoms with Gasteiger partial charge < -0.3 is 20.1 Å². The number of carboxylic acids is 1. The zero-order valence-electron chi connectivity index (χ0n) is 18.7. The molecule has 2 aromatic rings. The van der Waals surface area contributed by atoms with E-state index in [2.05, 4.69) is 29.6 Å². The van der Waals surface area contributed by atoms with Gasteiger partial charge in [-0.1, -0.05) is 48.5 Å². The Balaban J connectivity index is 1.27. The van der Waals surface area contributed by atoms with Crippen molar-refractivity contribution in [2.24, 2.45) is 0 Å². The molecule has 1 heterocycles. The Morgan fingerprint density at radius 3 is 2.18 bits per heavy atom. The van der Waals surface area contributed by atoms with Gasteiger partial charge in [0, 0.05) is 12.5 Å². The maximum absolute atomic E-state index is 13.3. The number of hydrogen-bond donors (Lipinski definition) is 2. The summed E-state index contributed by atoms with van der Waals surface area (Å²) in [6.07, 6.45) is 2.27. The van der Waals surface area contributed by atoms with Crippen molar-refractivity contribution < 1.29 is 24.2 Å². The van der Waals surface area contributed by atoms with Crippen LogP contribution in [0, 0.1) is 0 Å². The number of hydrogen-bond acceptors (Lipinski definition) is 4. The number of nitrogens with zero attached hydrogens (tertiary/aromatic N) is 1. The molecular formula is C26H28N2O5. The summed E-state index contributed by atoms with van der Waals surface area (Å²) in [5, 5.41) is 12.5. The highest BCUT2D eigenvalue weighted by atomic mass is 16.5. The van der Waals surface area contributed by atoms with Crippen LogP contribution in [-0.2, 0) is 14.3 Å². The fourth-order valence-corrected chi connectivity index (χ4v) is 5.27. The second kappa shape index (κ2) is 7.90. The summed E-state index contributed by atoms with van der Waals surface area (Å²) in [7, 11) is 0. The Kier molecular flexibility index (Phi) is 5.15. The summed E-state index contributed by atoms with van der Waals surface area (Å²) < 4.78 is 5.62. The third-order valence-electron chi connectivity index (χ3n) is 7.44. The van der Waals surface area contributed by atoms with Crippen LogP contribution in [0.3, 0.4) is 0 Å². The van der Waals surface area contributed by atoms with Crippen molar-refractivity contribution in [2.75, 3.05) is 13.2 Å². The molecule has 1 aliphatic heterocycles. The first-order valence-electron chi connectivity index (χ1n) is 11.5. The summed E-state index contributed by atoms with van der Waals surface area (Å²) in [6.45, 7) is 2.15.